The molecule has 22 heavy (non-hydrogen) atoms. The largest absolute Gasteiger partial charge is 0.497 e. The van der Waals surface area contributed by atoms with Gasteiger partial charge in [-0.2, -0.15) is 0 Å². The van der Waals surface area contributed by atoms with E-state index in [0.29, 0.717) is 11.5 Å². The van der Waals surface area contributed by atoms with Crippen LogP contribution in [0.3, 0.4) is 0 Å². The third kappa shape index (κ3) is 4.35. The molecule has 0 saturated heterocycles. The number of nitrogens with one attached hydrogen (secondary N) is 1. The van der Waals surface area contributed by atoms with Gasteiger partial charge >= 0.3 is 0 Å². The Bertz CT molecular complexity index is 620. The van der Waals surface area contributed by atoms with Crippen molar-refractivity contribution in [3.8, 4) is 11.5 Å². The predicted octanol–water partition coefficient (Wildman–Crippen LogP) is 2.52. The first kappa shape index (κ1) is 16.6. The van der Waals surface area contributed by atoms with Gasteiger partial charge in [0.1, 0.15) is 17.0 Å². The van der Waals surface area contributed by atoms with Crippen LogP contribution in [-0.4, -0.2) is 36.1 Å². The van der Waals surface area contributed by atoms with Crippen molar-refractivity contribution in [2.24, 2.45) is 0 Å². The molecule has 0 fully saturated rings. The number of carbonyl (C=O) groups excluding carboxylic acids is 1. The summed E-state index contributed by atoms with van der Waals surface area (Å²) >= 11 is 2.78. The Morgan fingerprint density at radius 2 is 2.23 bits per heavy atom. The maximum atomic E-state index is 12.0. The van der Waals surface area contributed by atoms with Gasteiger partial charge in [-0.3, -0.25) is 4.79 Å². The molecule has 1 amide bonds. The van der Waals surface area contributed by atoms with E-state index in [1.807, 2.05) is 25.1 Å². The van der Waals surface area contributed by atoms with E-state index in [9.17, 15) is 4.79 Å². The molecule has 0 unspecified atom stereocenters. The van der Waals surface area contributed by atoms with Gasteiger partial charge in [-0.15, -0.1) is 10.2 Å². The fraction of sp³-hybridized carbons (Fsp3) is 0.357. The van der Waals surface area contributed by atoms with Crippen molar-refractivity contribution < 1.29 is 14.3 Å². The van der Waals surface area contributed by atoms with Gasteiger partial charge in [0.15, 0.2) is 4.34 Å². The first-order valence-electron chi connectivity index (χ1n) is 6.54. The molecule has 1 atom stereocenters. The lowest BCUT2D eigenvalue weighted by Crippen LogP contribution is -2.28. The quantitative estimate of drug-likeness (QED) is 0.782. The van der Waals surface area contributed by atoms with Crippen LogP contribution in [0.1, 0.15) is 18.5 Å². The number of aromatic nitrogens is 2. The van der Waals surface area contributed by atoms with E-state index in [1.165, 1.54) is 23.1 Å². The monoisotopic (exact) mass is 339 g/mol. The van der Waals surface area contributed by atoms with Crippen molar-refractivity contribution in [2.75, 3.05) is 20.0 Å². The van der Waals surface area contributed by atoms with E-state index in [-0.39, 0.29) is 11.9 Å². The Balaban J connectivity index is 1.98. The number of rotatable bonds is 7. The highest BCUT2D eigenvalue weighted by molar-refractivity contribution is 8.01. The van der Waals surface area contributed by atoms with Crippen LogP contribution in [0.2, 0.25) is 0 Å². The molecule has 118 valence electrons. The van der Waals surface area contributed by atoms with Gasteiger partial charge in [-0.25, -0.2) is 0 Å². The number of methoxy groups -OCH3 is 2. The molecule has 0 aliphatic heterocycles. The zero-order chi connectivity index (χ0) is 15.9. The number of amides is 1. The molecule has 0 saturated carbocycles. The van der Waals surface area contributed by atoms with Crippen LogP contribution < -0.4 is 14.8 Å². The van der Waals surface area contributed by atoms with Crippen molar-refractivity contribution in [2.45, 2.75) is 17.3 Å². The predicted molar refractivity (Wildman–Crippen MR) is 86.7 cm³/mol. The van der Waals surface area contributed by atoms with Crippen LogP contribution in [-0.2, 0) is 4.79 Å². The average Bonchev–Trinajstić information content (AvgIpc) is 3.05. The summed E-state index contributed by atoms with van der Waals surface area (Å²) in [5, 5.41) is 10.6. The van der Waals surface area contributed by atoms with E-state index in [1.54, 1.807) is 19.7 Å². The maximum absolute atomic E-state index is 12.0. The molecule has 8 heteroatoms. The van der Waals surface area contributed by atoms with E-state index >= 15 is 0 Å². The smallest absolute Gasteiger partial charge is 0.230 e. The third-order valence-corrected chi connectivity index (χ3v) is 4.81. The van der Waals surface area contributed by atoms with Crippen molar-refractivity contribution in [3.63, 3.8) is 0 Å². The lowest BCUT2D eigenvalue weighted by molar-refractivity contribution is -0.119. The van der Waals surface area contributed by atoms with Gasteiger partial charge in [0.2, 0.25) is 5.91 Å². The van der Waals surface area contributed by atoms with Gasteiger partial charge in [0.05, 0.1) is 26.0 Å². The number of carbonyl (C=O) groups is 1. The molecular formula is C14H17N3O3S2. The SMILES string of the molecule is COc1ccc(OC)c([C@@H](C)NC(=O)CSc2nncs2)c1. The van der Waals surface area contributed by atoms with Gasteiger partial charge in [-0.1, -0.05) is 23.1 Å². The minimum atomic E-state index is -0.187. The summed E-state index contributed by atoms with van der Waals surface area (Å²) in [5.41, 5.74) is 2.51. The van der Waals surface area contributed by atoms with Gasteiger partial charge in [0.25, 0.3) is 0 Å². The van der Waals surface area contributed by atoms with Crippen molar-refractivity contribution in [1.29, 1.82) is 0 Å². The number of thioether (sulfide) groups is 1. The Labute approximate surface area is 137 Å². The molecule has 0 radical (unpaired) electrons. The molecule has 0 aliphatic rings. The lowest BCUT2D eigenvalue weighted by atomic mass is 10.1. The molecule has 1 aromatic heterocycles. The number of benzene rings is 1. The number of hydrogen-bond acceptors (Lipinski definition) is 7. The molecule has 1 heterocycles. The maximum Gasteiger partial charge on any atom is 0.230 e. The molecule has 2 aromatic rings. The van der Waals surface area contributed by atoms with Crippen LogP contribution in [0.5, 0.6) is 11.5 Å². The summed E-state index contributed by atoms with van der Waals surface area (Å²) in [6.07, 6.45) is 0. The van der Waals surface area contributed by atoms with Crippen LogP contribution >= 0.6 is 23.1 Å². The summed E-state index contributed by atoms with van der Waals surface area (Å²) in [7, 11) is 3.21. The summed E-state index contributed by atoms with van der Waals surface area (Å²) in [6.45, 7) is 1.91. The lowest BCUT2D eigenvalue weighted by Gasteiger charge is -2.18. The van der Waals surface area contributed by atoms with E-state index < -0.39 is 0 Å². The standard InChI is InChI=1S/C14H17N3O3S2/c1-9(11-6-10(19-2)4-5-12(11)20-3)16-13(18)7-21-14-17-15-8-22-14/h4-6,8-9H,7H2,1-3H3,(H,16,18)/t9-/m1/s1. The Morgan fingerprint density at radius 3 is 2.86 bits per heavy atom. The molecule has 0 spiro atoms. The Kier molecular flexibility index (Phi) is 6.02. The fourth-order valence-corrected chi connectivity index (χ4v) is 3.19. The summed E-state index contributed by atoms with van der Waals surface area (Å²) < 4.78 is 11.3. The first-order valence-corrected chi connectivity index (χ1v) is 8.40. The number of ether oxygens (including phenoxy) is 2. The highest BCUT2D eigenvalue weighted by atomic mass is 32.2. The van der Waals surface area contributed by atoms with Crippen molar-refractivity contribution in [3.05, 3.63) is 29.3 Å². The number of nitrogens with zero attached hydrogens (tertiary/aromatic N) is 2. The average molecular weight is 339 g/mol. The topological polar surface area (TPSA) is 73.3 Å². The van der Waals surface area contributed by atoms with Crippen molar-refractivity contribution in [1.82, 2.24) is 15.5 Å². The van der Waals surface area contributed by atoms with Crippen LogP contribution in [0.25, 0.3) is 0 Å². The normalized spacial score (nSPS) is 11.8. The zero-order valence-electron chi connectivity index (χ0n) is 12.5. The zero-order valence-corrected chi connectivity index (χ0v) is 14.2. The van der Waals surface area contributed by atoms with E-state index in [4.69, 9.17) is 9.47 Å². The van der Waals surface area contributed by atoms with Gasteiger partial charge < -0.3 is 14.8 Å². The second-order valence-corrected chi connectivity index (χ2v) is 6.45. The van der Waals surface area contributed by atoms with Gasteiger partial charge in [0, 0.05) is 5.56 Å². The Morgan fingerprint density at radius 1 is 1.41 bits per heavy atom. The van der Waals surface area contributed by atoms with Crippen LogP contribution in [0.4, 0.5) is 0 Å². The van der Waals surface area contributed by atoms with Crippen molar-refractivity contribution >= 4 is 29.0 Å². The summed E-state index contributed by atoms with van der Waals surface area (Å²) in [5.74, 6) is 1.66. The van der Waals surface area contributed by atoms with E-state index in [2.05, 4.69) is 15.5 Å². The second-order valence-electron chi connectivity index (χ2n) is 4.39. The van der Waals surface area contributed by atoms with Crippen LogP contribution in [0, 0.1) is 0 Å². The van der Waals surface area contributed by atoms with E-state index in [0.717, 1.165) is 15.7 Å². The Hall–Kier alpha value is -1.80. The summed E-state index contributed by atoms with van der Waals surface area (Å²) in [4.78, 5) is 12.0. The summed E-state index contributed by atoms with van der Waals surface area (Å²) in [6, 6.07) is 5.32. The minimum absolute atomic E-state index is 0.0717. The molecule has 0 bridgehead atoms. The highest BCUT2D eigenvalue weighted by Gasteiger charge is 2.15. The van der Waals surface area contributed by atoms with Gasteiger partial charge in [-0.05, 0) is 25.1 Å². The molecule has 1 aromatic carbocycles. The molecule has 0 aliphatic carbocycles. The molecular weight excluding hydrogens is 322 g/mol. The third-order valence-electron chi connectivity index (χ3n) is 2.95. The first-order chi connectivity index (χ1) is 10.6. The second kappa shape index (κ2) is 8.00. The highest BCUT2D eigenvalue weighted by Crippen LogP contribution is 2.29. The minimum Gasteiger partial charge on any atom is -0.497 e. The molecule has 1 N–H and O–H groups in total. The molecule has 2 rings (SSSR count). The number of hydrogen-bond donors (Lipinski definition) is 1. The molecule has 6 nitrogen and oxygen atoms in total. The fourth-order valence-electron chi connectivity index (χ4n) is 1.89. The van der Waals surface area contributed by atoms with Crippen LogP contribution in [0.15, 0.2) is 28.0 Å².